The Hall–Kier alpha value is -0.658. The first-order valence-electron chi connectivity index (χ1n) is 12.0. The van der Waals surface area contributed by atoms with Crippen LogP contribution in [0.4, 0.5) is 0 Å². The Morgan fingerprint density at radius 1 is 1.06 bits per heavy atom. The average molecular weight is 444 g/mol. The van der Waals surface area contributed by atoms with Gasteiger partial charge in [-0.1, -0.05) is 45.0 Å². The predicted octanol–water partition coefficient (Wildman–Crippen LogP) is 4.58. The maximum absolute atomic E-state index is 6.42. The highest BCUT2D eigenvalue weighted by molar-refractivity contribution is 6.74. The van der Waals surface area contributed by atoms with Crippen LogP contribution in [0.2, 0.25) is 18.1 Å². The molecule has 4 nitrogen and oxygen atoms in total. The Bertz CT molecular complexity index is 801. The van der Waals surface area contributed by atoms with Crippen molar-refractivity contribution >= 4 is 20.9 Å². The fraction of sp³-hybridized carbons (Fsp3) is 0.760. The second-order valence-corrected chi connectivity index (χ2v) is 17.4. The molecule has 4 rings (SSSR count). The van der Waals surface area contributed by atoms with Gasteiger partial charge in [0.05, 0.1) is 11.2 Å². The summed E-state index contributed by atoms with van der Waals surface area (Å²) in [5.41, 5.74) is 2.36. The lowest BCUT2D eigenvalue weighted by Gasteiger charge is -2.36. The quantitative estimate of drug-likeness (QED) is 0.603. The van der Waals surface area contributed by atoms with Crippen molar-refractivity contribution in [3.8, 4) is 0 Å². The minimum Gasteiger partial charge on any atom is -0.416 e. The van der Waals surface area contributed by atoms with E-state index in [1.807, 2.05) is 0 Å². The zero-order chi connectivity index (χ0) is 22.9. The molecule has 0 spiro atoms. The summed E-state index contributed by atoms with van der Waals surface area (Å²) in [6, 6.07) is 9.06. The molecule has 2 heterocycles. The van der Waals surface area contributed by atoms with E-state index in [9.17, 15) is 0 Å². The van der Waals surface area contributed by atoms with Gasteiger partial charge in [-0.3, -0.25) is 4.90 Å². The fourth-order valence-corrected chi connectivity index (χ4v) is 5.84. The van der Waals surface area contributed by atoms with E-state index < -0.39 is 8.32 Å². The van der Waals surface area contributed by atoms with Gasteiger partial charge < -0.3 is 13.7 Å². The fourth-order valence-electron chi connectivity index (χ4n) is 4.80. The number of rotatable bonds is 6. The molecule has 172 valence electrons. The van der Waals surface area contributed by atoms with Crippen molar-refractivity contribution < 1.29 is 13.7 Å². The molecule has 0 radical (unpaired) electrons. The van der Waals surface area contributed by atoms with Crippen LogP contribution in [0.5, 0.6) is 0 Å². The van der Waals surface area contributed by atoms with E-state index in [1.165, 1.54) is 18.5 Å². The van der Waals surface area contributed by atoms with Gasteiger partial charge in [0, 0.05) is 31.7 Å². The molecule has 0 bridgehead atoms. The van der Waals surface area contributed by atoms with Crippen molar-refractivity contribution in [1.82, 2.24) is 4.90 Å². The topological polar surface area (TPSA) is 30.9 Å². The summed E-state index contributed by atoms with van der Waals surface area (Å²) >= 11 is 0. The lowest BCUT2D eigenvalue weighted by atomic mass is 9.78. The average Bonchev–Trinajstić information content (AvgIpc) is 3.12. The molecule has 1 saturated carbocycles. The summed E-state index contributed by atoms with van der Waals surface area (Å²) in [4.78, 5) is 2.61. The number of piperidine rings is 1. The first-order valence-corrected chi connectivity index (χ1v) is 14.9. The molecule has 3 fully saturated rings. The smallest absolute Gasteiger partial charge is 0.416 e. The van der Waals surface area contributed by atoms with E-state index in [0.29, 0.717) is 5.41 Å². The molecule has 2 atom stereocenters. The molecule has 3 aliphatic rings. The molecule has 1 aromatic carbocycles. The van der Waals surface area contributed by atoms with E-state index in [-0.39, 0.29) is 23.4 Å². The number of benzene rings is 1. The second-order valence-electron chi connectivity index (χ2n) is 12.6. The number of likely N-dealkylation sites (tertiary alicyclic amines) is 1. The Balaban J connectivity index is 1.34. The highest BCUT2D eigenvalue weighted by Crippen LogP contribution is 2.58. The molecule has 2 aliphatic heterocycles. The molecule has 0 aromatic heterocycles. The van der Waals surface area contributed by atoms with Gasteiger partial charge in [-0.15, -0.1) is 0 Å². The maximum Gasteiger partial charge on any atom is 0.494 e. The molecule has 2 unspecified atom stereocenters. The van der Waals surface area contributed by atoms with E-state index >= 15 is 0 Å². The van der Waals surface area contributed by atoms with Crippen LogP contribution in [-0.4, -0.2) is 57.8 Å². The third kappa shape index (κ3) is 4.19. The Morgan fingerprint density at radius 2 is 1.65 bits per heavy atom. The number of hydrogen-bond donors (Lipinski definition) is 0. The maximum atomic E-state index is 6.42. The van der Waals surface area contributed by atoms with Crippen molar-refractivity contribution in [2.45, 2.75) is 89.6 Å². The van der Waals surface area contributed by atoms with Crippen LogP contribution in [0.25, 0.3) is 0 Å². The Labute approximate surface area is 191 Å². The zero-order valence-electron chi connectivity index (χ0n) is 21.2. The summed E-state index contributed by atoms with van der Waals surface area (Å²) in [7, 11) is -1.93. The van der Waals surface area contributed by atoms with Gasteiger partial charge in [0.2, 0.25) is 0 Å². The number of hydrogen-bond acceptors (Lipinski definition) is 4. The van der Waals surface area contributed by atoms with Gasteiger partial charge >= 0.3 is 7.12 Å². The van der Waals surface area contributed by atoms with Crippen LogP contribution in [0.15, 0.2) is 24.3 Å². The minimum absolute atomic E-state index is 0.278. The van der Waals surface area contributed by atoms with E-state index in [0.717, 1.165) is 31.1 Å². The van der Waals surface area contributed by atoms with Gasteiger partial charge in [0.1, 0.15) is 0 Å². The normalized spacial score (nSPS) is 30.0. The molecule has 6 heteroatoms. The van der Waals surface area contributed by atoms with Crippen molar-refractivity contribution in [1.29, 1.82) is 0 Å². The molecular formula is C25H42BNO3Si. The van der Waals surface area contributed by atoms with Gasteiger partial charge in [-0.05, 0) is 69.2 Å². The third-order valence-electron chi connectivity index (χ3n) is 8.90. The van der Waals surface area contributed by atoms with Gasteiger partial charge in [-0.2, -0.15) is 0 Å². The highest BCUT2D eigenvalue weighted by atomic mass is 28.4. The summed E-state index contributed by atoms with van der Waals surface area (Å²) in [5.74, 6) is 0.795. The second kappa shape index (κ2) is 7.42. The Kier molecular flexibility index (Phi) is 5.63. The number of fused-ring (bicyclic) bond motifs is 1. The molecular weight excluding hydrogens is 401 g/mol. The summed E-state index contributed by atoms with van der Waals surface area (Å²) in [5, 5.41) is 0.278. The van der Waals surface area contributed by atoms with Crippen LogP contribution in [-0.2, 0) is 19.1 Å². The summed E-state index contributed by atoms with van der Waals surface area (Å²) < 4.78 is 18.9. The largest absolute Gasteiger partial charge is 0.494 e. The predicted molar refractivity (Wildman–Crippen MR) is 132 cm³/mol. The molecule has 1 aliphatic carbocycles. The van der Waals surface area contributed by atoms with Crippen LogP contribution in [0.3, 0.4) is 0 Å². The van der Waals surface area contributed by atoms with E-state index in [2.05, 4.69) is 90.7 Å². The third-order valence-corrected chi connectivity index (χ3v) is 13.4. The monoisotopic (exact) mass is 443 g/mol. The highest BCUT2D eigenvalue weighted by Gasteiger charge is 2.60. The molecule has 0 amide bonds. The molecule has 31 heavy (non-hydrogen) atoms. The van der Waals surface area contributed by atoms with Crippen LogP contribution in [0, 0.1) is 5.92 Å². The van der Waals surface area contributed by atoms with Crippen molar-refractivity contribution in [3.05, 3.63) is 29.8 Å². The molecule has 0 N–H and O–H groups in total. The first-order chi connectivity index (χ1) is 14.2. The lowest BCUT2D eigenvalue weighted by molar-refractivity contribution is 0.00578. The SMILES string of the molecule is CC1(C)OB(c2ccc(C34CC3CN(CCO[Si](C)(C)C(C)(C)C)C4)cc2)OC1(C)C. The standard InChI is InChI=1S/C25H42BNO3Si/c1-22(2,3)31(8,9)28-15-14-27-17-20-16-25(20,18-27)19-10-12-21(13-11-19)26-29-23(4,5)24(6,7)30-26/h10-13,20H,14-18H2,1-9H3. The first kappa shape index (κ1) is 23.5. The van der Waals surface area contributed by atoms with Crippen molar-refractivity contribution in [3.63, 3.8) is 0 Å². The lowest BCUT2D eigenvalue weighted by Crippen LogP contribution is -2.43. The van der Waals surface area contributed by atoms with Crippen LogP contribution < -0.4 is 5.46 Å². The van der Waals surface area contributed by atoms with Gasteiger partial charge in [-0.25, -0.2) is 0 Å². The van der Waals surface area contributed by atoms with Gasteiger partial charge in [0.15, 0.2) is 8.32 Å². The molecule has 2 saturated heterocycles. The van der Waals surface area contributed by atoms with E-state index in [4.69, 9.17) is 13.7 Å². The minimum atomic E-state index is -1.66. The van der Waals surface area contributed by atoms with Crippen LogP contribution in [0.1, 0.15) is 60.5 Å². The van der Waals surface area contributed by atoms with Gasteiger partial charge in [0.25, 0.3) is 0 Å². The number of nitrogens with zero attached hydrogens (tertiary/aromatic N) is 1. The van der Waals surface area contributed by atoms with Crippen LogP contribution >= 0.6 is 0 Å². The Morgan fingerprint density at radius 3 is 2.19 bits per heavy atom. The van der Waals surface area contributed by atoms with E-state index in [1.54, 1.807) is 0 Å². The summed E-state index contributed by atoms with van der Waals surface area (Å²) in [6.07, 6.45) is 1.32. The zero-order valence-corrected chi connectivity index (χ0v) is 22.2. The van der Waals surface area contributed by atoms with Crippen molar-refractivity contribution in [2.24, 2.45) is 5.92 Å². The summed E-state index contributed by atoms with van der Waals surface area (Å²) in [6.45, 7) is 24.3. The molecule has 1 aromatic rings. The van der Waals surface area contributed by atoms with Crippen molar-refractivity contribution in [2.75, 3.05) is 26.2 Å².